The second-order valence-electron chi connectivity index (χ2n) is 7.28. The van der Waals surface area contributed by atoms with Crippen LogP contribution in [-0.4, -0.2) is 75.2 Å². The largest absolute Gasteiger partial charge is 0.360 e. The molecule has 0 aliphatic carbocycles. The Bertz CT molecular complexity index is 520. The van der Waals surface area contributed by atoms with E-state index in [-0.39, 0.29) is 24.0 Å². The van der Waals surface area contributed by atoms with Crippen LogP contribution in [0.4, 0.5) is 5.00 Å². The molecule has 1 N–H and O–H groups in total. The molecular weight excluding hydrogens is 457 g/mol. The molecule has 3 heterocycles. The van der Waals surface area contributed by atoms with E-state index >= 15 is 0 Å². The van der Waals surface area contributed by atoms with Crippen LogP contribution in [0.25, 0.3) is 0 Å². The van der Waals surface area contributed by atoms with E-state index in [0.717, 1.165) is 44.6 Å². The normalized spacial score (nSPS) is 20.2. The van der Waals surface area contributed by atoms with Crippen LogP contribution in [0.5, 0.6) is 0 Å². The third-order valence-electron chi connectivity index (χ3n) is 5.42. The van der Waals surface area contributed by atoms with Crippen LogP contribution in [0.3, 0.4) is 0 Å². The van der Waals surface area contributed by atoms with Gasteiger partial charge in [0.25, 0.3) is 0 Å². The number of nitrogens with zero attached hydrogens (tertiary/aromatic N) is 4. The van der Waals surface area contributed by atoms with E-state index in [1.807, 2.05) is 18.4 Å². The number of thiophene rings is 1. The molecule has 0 radical (unpaired) electrons. The molecule has 7 heteroatoms. The Morgan fingerprint density at radius 3 is 2.54 bits per heavy atom. The SMILES string of the molecule is CN=C(NCCCN1CCC(C)CC1)N1CCN(c2cccs2)CC1.I. The lowest BCUT2D eigenvalue weighted by Crippen LogP contribution is -2.52. The number of aliphatic imine (C=N–C) groups is 1. The first kappa shape index (κ1) is 21.8. The summed E-state index contributed by atoms with van der Waals surface area (Å²) in [6.45, 7) is 11.4. The molecule has 0 atom stereocenters. The molecule has 0 unspecified atom stereocenters. The van der Waals surface area contributed by atoms with E-state index in [1.165, 1.54) is 43.9 Å². The zero-order chi connectivity index (χ0) is 17.5. The highest BCUT2D eigenvalue weighted by molar-refractivity contribution is 14.0. The topological polar surface area (TPSA) is 34.1 Å². The summed E-state index contributed by atoms with van der Waals surface area (Å²) in [6.07, 6.45) is 3.93. The van der Waals surface area contributed by atoms with Crippen LogP contribution < -0.4 is 10.2 Å². The number of halogens is 1. The highest BCUT2D eigenvalue weighted by Crippen LogP contribution is 2.22. The van der Waals surface area contributed by atoms with Crippen molar-refractivity contribution in [3.05, 3.63) is 17.5 Å². The standard InChI is InChI=1S/C19H33N5S.HI/c1-17-6-10-22(11-7-17)9-4-8-21-19(20-2)24-14-12-23(13-15-24)18-5-3-16-25-18;/h3,5,16-17H,4,6-15H2,1-2H3,(H,20,21);1H. The van der Waals surface area contributed by atoms with Gasteiger partial charge in [-0.15, -0.1) is 35.3 Å². The van der Waals surface area contributed by atoms with E-state index in [4.69, 9.17) is 0 Å². The molecule has 2 fully saturated rings. The van der Waals surface area contributed by atoms with Gasteiger partial charge in [-0.3, -0.25) is 4.99 Å². The van der Waals surface area contributed by atoms with Crippen molar-refractivity contribution in [3.63, 3.8) is 0 Å². The molecule has 5 nitrogen and oxygen atoms in total. The van der Waals surface area contributed by atoms with Crippen molar-refractivity contribution in [2.24, 2.45) is 10.9 Å². The van der Waals surface area contributed by atoms with Crippen molar-refractivity contribution in [2.45, 2.75) is 26.2 Å². The molecule has 2 aliphatic heterocycles. The van der Waals surface area contributed by atoms with Crippen molar-refractivity contribution in [1.29, 1.82) is 0 Å². The molecule has 0 amide bonds. The minimum absolute atomic E-state index is 0. The number of hydrogen-bond donors (Lipinski definition) is 1. The molecule has 1 aromatic rings. The van der Waals surface area contributed by atoms with Gasteiger partial charge in [0.15, 0.2) is 5.96 Å². The first-order chi connectivity index (χ1) is 12.3. The van der Waals surface area contributed by atoms with E-state index in [9.17, 15) is 0 Å². The molecule has 0 bridgehead atoms. The van der Waals surface area contributed by atoms with Gasteiger partial charge < -0.3 is 20.0 Å². The third-order valence-corrected chi connectivity index (χ3v) is 6.35. The molecule has 3 rings (SSSR count). The van der Waals surface area contributed by atoms with E-state index in [1.54, 1.807) is 0 Å². The molecule has 0 spiro atoms. The highest BCUT2D eigenvalue weighted by atomic mass is 127. The lowest BCUT2D eigenvalue weighted by Gasteiger charge is -2.37. The van der Waals surface area contributed by atoms with Crippen molar-refractivity contribution < 1.29 is 0 Å². The molecule has 0 aromatic carbocycles. The second kappa shape index (κ2) is 11.3. The number of rotatable bonds is 5. The van der Waals surface area contributed by atoms with Gasteiger partial charge in [0.2, 0.25) is 0 Å². The van der Waals surface area contributed by atoms with Crippen LogP contribution in [0.15, 0.2) is 22.5 Å². The number of piperazine rings is 1. The summed E-state index contributed by atoms with van der Waals surface area (Å²) in [4.78, 5) is 12.0. The third kappa shape index (κ3) is 6.27. The summed E-state index contributed by atoms with van der Waals surface area (Å²) in [5.74, 6) is 1.99. The Labute approximate surface area is 179 Å². The fourth-order valence-corrected chi connectivity index (χ4v) is 4.49. The minimum atomic E-state index is 0. The van der Waals surface area contributed by atoms with Gasteiger partial charge in [0, 0.05) is 39.8 Å². The molecular formula is C19H34IN5S. The second-order valence-corrected chi connectivity index (χ2v) is 8.20. The van der Waals surface area contributed by atoms with Crippen molar-refractivity contribution in [2.75, 3.05) is 64.3 Å². The summed E-state index contributed by atoms with van der Waals surface area (Å²) in [5, 5.41) is 7.12. The predicted octanol–water partition coefficient (Wildman–Crippen LogP) is 3.19. The maximum absolute atomic E-state index is 4.50. The summed E-state index contributed by atoms with van der Waals surface area (Å²) < 4.78 is 0. The Kier molecular flexibility index (Phi) is 9.49. The number of nitrogens with one attached hydrogen (secondary N) is 1. The fraction of sp³-hybridized carbons (Fsp3) is 0.737. The van der Waals surface area contributed by atoms with Gasteiger partial charge >= 0.3 is 0 Å². The van der Waals surface area contributed by atoms with Crippen molar-refractivity contribution in [3.8, 4) is 0 Å². The molecule has 2 aliphatic rings. The molecule has 0 saturated carbocycles. The minimum Gasteiger partial charge on any atom is -0.360 e. The first-order valence-corrected chi connectivity index (χ1v) is 10.6. The molecule has 1 aromatic heterocycles. The van der Waals surface area contributed by atoms with Crippen LogP contribution in [0.1, 0.15) is 26.2 Å². The lowest BCUT2D eigenvalue weighted by atomic mass is 9.99. The average molecular weight is 491 g/mol. The predicted molar refractivity (Wildman–Crippen MR) is 124 cm³/mol. The molecule has 26 heavy (non-hydrogen) atoms. The lowest BCUT2D eigenvalue weighted by molar-refractivity contribution is 0.191. The Morgan fingerprint density at radius 1 is 1.19 bits per heavy atom. The van der Waals surface area contributed by atoms with Crippen molar-refractivity contribution >= 4 is 46.3 Å². The van der Waals surface area contributed by atoms with Crippen LogP contribution >= 0.6 is 35.3 Å². The average Bonchev–Trinajstić information content (AvgIpc) is 3.18. The van der Waals surface area contributed by atoms with Crippen molar-refractivity contribution in [1.82, 2.24) is 15.1 Å². The molecule has 2 saturated heterocycles. The number of anilines is 1. The number of likely N-dealkylation sites (tertiary alicyclic amines) is 1. The van der Waals surface area contributed by atoms with Gasteiger partial charge in [-0.25, -0.2) is 0 Å². The quantitative estimate of drug-likeness (QED) is 0.297. The summed E-state index contributed by atoms with van der Waals surface area (Å²) in [5.41, 5.74) is 0. The van der Waals surface area contributed by atoms with E-state index in [2.05, 4.69) is 49.4 Å². The monoisotopic (exact) mass is 491 g/mol. The Hall–Kier alpha value is -0.540. The first-order valence-electron chi connectivity index (χ1n) is 9.72. The maximum atomic E-state index is 4.50. The van der Waals surface area contributed by atoms with E-state index in [0.29, 0.717) is 0 Å². The van der Waals surface area contributed by atoms with Crippen LogP contribution in [0.2, 0.25) is 0 Å². The van der Waals surface area contributed by atoms with E-state index < -0.39 is 0 Å². The van der Waals surface area contributed by atoms with Gasteiger partial charge in [0.05, 0.1) is 5.00 Å². The zero-order valence-corrected chi connectivity index (χ0v) is 19.3. The summed E-state index contributed by atoms with van der Waals surface area (Å²) in [6, 6.07) is 4.35. The number of piperidine rings is 1. The van der Waals surface area contributed by atoms with Gasteiger partial charge in [-0.05, 0) is 62.3 Å². The Balaban J connectivity index is 0.00000243. The van der Waals surface area contributed by atoms with Gasteiger partial charge in [-0.1, -0.05) is 6.92 Å². The Morgan fingerprint density at radius 2 is 1.92 bits per heavy atom. The van der Waals surface area contributed by atoms with Crippen LogP contribution in [-0.2, 0) is 0 Å². The van der Waals surface area contributed by atoms with Crippen LogP contribution in [0, 0.1) is 5.92 Å². The van der Waals surface area contributed by atoms with Gasteiger partial charge in [0.1, 0.15) is 0 Å². The molecule has 148 valence electrons. The zero-order valence-electron chi connectivity index (χ0n) is 16.2. The van der Waals surface area contributed by atoms with Gasteiger partial charge in [-0.2, -0.15) is 0 Å². The number of guanidine groups is 1. The summed E-state index contributed by atoms with van der Waals surface area (Å²) in [7, 11) is 1.90. The number of hydrogen-bond acceptors (Lipinski definition) is 4. The summed E-state index contributed by atoms with van der Waals surface area (Å²) >= 11 is 1.83. The maximum Gasteiger partial charge on any atom is 0.193 e. The smallest absolute Gasteiger partial charge is 0.193 e. The fourth-order valence-electron chi connectivity index (χ4n) is 3.71. The highest BCUT2D eigenvalue weighted by Gasteiger charge is 2.20.